The van der Waals surface area contributed by atoms with Crippen molar-refractivity contribution in [3.05, 3.63) is 78.7 Å². The molecular formula is C22H17N3O3S. The van der Waals surface area contributed by atoms with Crippen molar-refractivity contribution in [3.8, 4) is 17.2 Å². The van der Waals surface area contributed by atoms with Crippen LogP contribution in [-0.4, -0.2) is 23.1 Å². The predicted molar refractivity (Wildman–Crippen MR) is 116 cm³/mol. The summed E-state index contributed by atoms with van der Waals surface area (Å²) < 4.78 is 10.7. The van der Waals surface area contributed by atoms with Crippen LogP contribution in [-0.2, 0) is 0 Å². The molecule has 1 heterocycles. The van der Waals surface area contributed by atoms with Crippen LogP contribution in [0.3, 0.4) is 0 Å². The highest BCUT2D eigenvalue weighted by molar-refractivity contribution is 7.80. The first kappa shape index (κ1) is 18.6. The summed E-state index contributed by atoms with van der Waals surface area (Å²) in [6.45, 7) is 0. The average molecular weight is 403 g/mol. The van der Waals surface area contributed by atoms with E-state index in [4.69, 9.17) is 21.4 Å². The van der Waals surface area contributed by atoms with Gasteiger partial charge in [0, 0.05) is 11.3 Å². The third-order valence-corrected chi connectivity index (χ3v) is 4.57. The summed E-state index contributed by atoms with van der Waals surface area (Å²) >= 11 is 5.29. The highest BCUT2D eigenvalue weighted by atomic mass is 32.1. The van der Waals surface area contributed by atoms with Gasteiger partial charge in [0.25, 0.3) is 5.91 Å². The number of fused-ring (bicyclic) bond motifs is 1. The molecule has 7 heteroatoms. The molecule has 1 amide bonds. The number of methoxy groups -OCH3 is 1. The molecule has 0 unspecified atom stereocenters. The Hall–Kier alpha value is -3.71. The first-order chi connectivity index (χ1) is 14.1. The van der Waals surface area contributed by atoms with Crippen molar-refractivity contribution in [1.82, 2.24) is 10.3 Å². The van der Waals surface area contributed by atoms with E-state index in [-0.39, 0.29) is 11.0 Å². The zero-order chi connectivity index (χ0) is 20.2. The molecular weight excluding hydrogens is 386 g/mol. The third-order valence-electron chi connectivity index (χ3n) is 4.36. The van der Waals surface area contributed by atoms with E-state index in [1.54, 1.807) is 12.3 Å². The lowest BCUT2D eigenvalue weighted by molar-refractivity contribution is 0.0975. The van der Waals surface area contributed by atoms with Crippen molar-refractivity contribution in [2.75, 3.05) is 12.4 Å². The maximum absolute atomic E-state index is 12.7. The van der Waals surface area contributed by atoms with Gasteiger partial charge in [-0.05, 0) is 59.4 Å². The first-order valence-electron chi connectivity index (χ1n) is 8.83. The number of hydrogen-bond acceptors (Lipinski definition) is 5. The lowest BCUT2D eigenvalue weighted by Crippen LogP contribution is -2.34. The van der Waals surface area contributed by atoms with Gasteiger partial charge < -0.3 is 14.5 Å². The van der Waals surface area contributed by atoms with Crippen molar-refractivity contribution in [1.29, 1.82) is 0 Å². The predicted octanol–water partition coefficient (Wildman–Crippen LogP) is 4.63. The number of nitrogens with one attached hydrogen (secondary N) is 2. The zero-order valence-electron chi connectivity index (χ0n) is 15.5. The summed E-state index contributed by atoms with van der Waals surface area (Å²) in [5, 5.41) is 7.82. The number of carbonyl (C=O) groups is 1. The molecule has 0 radical (unpaired) electrons. The van der Waals surface area contributed by atoms with E-state index in [2.05, 4.69) is 15.6 Å². The number of amides is 1. The quantitative estimate of drug-likeness (QED) is 0.484. The molecule has 144 valence electrons. The lowest BCUT2D eigenvalue weighted by Gasteiger charge is -2.13. The molecule has 0 saturated carbocycles. The van der Waals surface area contributed by atoms with Crippen LogP contribution in [0.5, 0.6) is 5.75 Å². The molecule has 0 aliphatic heterocycles. The van der Waals surface area contributed by atoms with Crippen molar-refractivity contribution < 1.29 is 13.9 Å². The van der Waals surface area contributed by atoms with Gasteiger partial charge in [-0.25, -0.2) is 4.98 Å². The Morgan fingerprint density at radius 1 is 1.07 bits per heavy atom. The van der Waals surface area contributed by atoms with Crippen LogP contribution in [0.2, 0.25) is 0 Å². The molecule has 3 aromatic carbocycles. The molecule has 0 saturated heterocycles. The van der Waals surface area contributed by atoms with Gasteiger partial charge in [-0.3, -0.25) is 10.1 Å². The highest BCUT2D eigenvalue weighted by Gasteiger charge is 2.15. The van der Waals surface area contributed by atoms with E-state index in [0.29, 0.717) is 17.2 Å². The summed E-state index contributed by atoms with van der Waals surface area (Å²) in [4.78, 5) is 16.8. The molecule has 6 nitrogen and oxygen atoms in total. The van der Waals surface area contributed by atoms with Gasteiger partial charge in [-0.1, -0.05) is 24.3 Å². The maximum atomic E-state index is 12.7. The highest BCUT2D eigenvalue weighted by Crippen LogP contribution is 2.26. The van der Waals surface area contributed by atoms with Gasteiger partial charge in [-0.2, -0.15) is 0 Å². The molecule has 0 atom stereocenters. The fraction of sp³-hybridized carbons (Fsp3) is 0.0455. The SMILES string of the molecule is COc1cc2ccccc2cc1C(=O)NC(=S)Nc1ccc(-c2ncco2)cc1. The summed E-state index contributed by atoms with van der Waals surface area (Å²) in [5.41, 5.74) is 1.99. The fourth-order valence-corrected chi connectivity index (χ4v) is 3.17. The van der Waals surface area contributed by atoms with Gasteiger partial charge in [0.2, 0.25) is 5.89 Å². The van der Waals surface area contributed by atoms with Crippen LogP contribution in [0.15, 0.2) is 77.5 Å². The van der Waals surface area contributed by atoms with E-state index in [0.717, 1.165) is 22.0 Å². The Morgan fingerprint density at radius 3 is 2.45 bits per heavy atom. The summed E-state index contributed by atoms with van der Waals surface area (Å²) in [6.07, 6.45) is 3.11. The Morgan fingerprint density at radius 2 is 1.79 bits per heavy atom. The number of oxazole rings is 1. The maximum Gasteiger partial charge on any atom is 0.261 e. The van der Waals surface area contributed by atoms with Crippen LogP contribution in [0.25, 0.3) is 22.2 Å². The Labute approximate surface area is 172 Å². The Kier molecular flexibility index (Phi) is 5.22. The zero-order valence-corrected chi connectivity index (χ0v) is 16.3. The Balaban J connectivity index is 1.47. The molecule has 1 aromatic heterocycles. The summed E-state index contributed by atoms with van der Waals surface area (Å²) in [7, 11) is 1.53. The number of carbonyl (C=O) groups excluding carboxylic acids is 1. The monoisotopic (exact) mass is 403 g/mol. The van der Waals surface area contributed by atoms with Gasteiger partial charge in [0.05, 0.1) is 18.9 Å². The van der Waals surface area contributed by atoms with E-state index in [9.17, 15) is 4.79 Å². The molecule has 4 rings (SSSR count). The van der Waals surface area contributed by atoms with Crippen LogP contribution >= 0.6 is 12.2 Å². The van der Waals surface area contributed by atoms with Crippen LogP contribution in [0.4, 0.5) is 5.69 Å². The molecule has 0 bridgehead atoms. The van der Waals surface area contributed by atoms with E-state index >= 15 is 0 Å². The van der Waals surface area contributed by atoms with Crippen LogP contribution in [0, 0.1) is 0 Å². The molecule has 2 N–H and O–H groups in total. The van der Waals surface area contributed by atoms with E-state index in [1.807, 2.05) is 54.6 Å². The molecule has 0 fully saturated rings. The number of aromatic nitrogens is 1. The van der Waals surface area contributed by atoms with Crippen molar-refractivity contribution in [2.45, 2.75) is 0 Å². The number of anilines is 1. The second kappa shape index (κ2) is 8.12. The average Bonchev–Trinajstić information content (AvgIpc) is 3.28. The number of thiocarbonyl (C=S) groups is 1. The largest absolute Gasteiger partial charge is 0.496 e. The van der Waals surface area contributed by atoms with Gasteiger partial charge >= 0.3 is 0 Å². The topological polar surface area (TPSA) is 76.4 Å². The summed E-state index contributed by atoms with van der Waals surface area (Å²) in [5.74, 6) is 0.677. The molecule has 0 spiro atoms. The van der Waals surface area contributed by atoms with Crippen LogP contribution in [0.1, 0.15) is 10.4 Å². The molecule has 0 aliphatic carbocycles. The molecule has 0 aliphatic rings. The second-order valence-electron chi connectivity index (χ2n) is 6.22. The second-order valence-corrected chi connectivity index (χ2v) is 6.63. The minimum atomic E-state index is -0.346. The molecule has 29 heavy (non-hydrogen) atoms. The van der Waals surface area contributed by atoms with Gasteiger partial charge in [0.15, 0.2) is 5.11 Å². The lowest BCUT2D eigenvalue weighted by atomic mass is 10.1. The summed E-state index contributed by atoms with van der Waals surface area (Å²) in [6, 6.07) is 18.8. The number of ether oxygens (including phenoxy) is 1. The standard InChI is InChI=1S/C22H17N3O3S/c1-27-19-13-16-5-3-2-4-15(16)12-18(19)20(26)25-22(29)24-17-8-6-14(7-9-17)21-23-10-11-28-21/h2-13H,1H3,(H2,24,25,26,29). The normalized spacial score (nSPS) is 10.5. The van der Waals surface area contributed by atoms with E-state index in [1.165, 1.54) is 13.4 Å². The third kappa shape index (κ3) is 4.09. The molecule has 4 aromatic rings. The van der Waals surface area contributed by atoms with Gasteiger partial charge in [-0.15, -0.1) is 0 Å². The minimum Gasteiger partial charge on any atom is -0.496 e. The van der Waals surface area contributed by atoms with Crippen molar-refractivity contribution in [2.24, 2.45) is 0 Å². The fourth-order valence-electron chi connectivity index (χ4n) is 2.96. The number of rotatable bonds is 4. The van der Waals surface area contributed by atoms with Crippen LogP contribution < -0.4 is 15.4 Å². The number of benzene rings is 3. The van der Waals surface area contributed by atoms with Crippen molar-refractivity contribution >= 4 is 39.7 Å². The number of hydrogen-bond donors (Lipinski definition) is 2. The first-order valence-corrected chi connectivity index (χ1v) is 9.24. The van der Waals surface area contributed by atoms with Crippen molar-refractivity contribution in [3.63, 3.8) is 0 Å². The smallest absolute Gasteiger partial charge is 0.261 e. The van der Waals surface area contributed by atoms with E-state index < -0.39 is 0 Å². The number of nitrogens with zero attached hydrogens (tertiary/aromatic N) is 1. The van der Waals surface area contributed by atoms with Gasteiger partial charge in [0.1, 0.15) is 12.0 Å². The minimum absolute atomic E-state index is 0.189. The Bertz CT molecular complexity index is 1170.